The third-order valence-corrected chi connectivity index (χ3v) is 5.35. The molecule has 7 nitrogen and oxygen atoms in total. The highest BCUT2D eigenvalue weighted by molar-refractivity contribution is 5.92. The first-order chi connectivity index (χ1) is 18.0. The zero-order chi connectivity index (χ0) is 27.7. The van der Waals surface area contributed by atoms with Crippen molar-refractivity contribution in [3.8, 4) is 22.8 Å². The molecule has 0 radical (unpaired) electrons. The van der Waals surface area contributed by atoms with E-state index in [2.05, 4.69) is 43.6 Å². The maximum atomic E-state index is 13.1. The van der Waals surface area contributed by atoms with Crippen LogP contribution in [0, 0.1) is 5.82 Å². The average molecular weight is 516 g/mol. The third kappa shape index (κ3) is 8.53. The van der Waals surface area contributed by atoms with Crippen LogP contribution in [0.15, 0.2) is 91.0 Å². The van der Waals surface area contributed by atoms with Gasteiger partial charge in [-0.25, -0.2) is 9.37 Å². The molecule has 0 aliphatic rings. The van der Waals surface area contributed by atoms with Crippen LogP contribution < -0.4 is 19.6 Å². The molecule has 3 aromatic carbocycles. The number of carbonyl (C=O) groups is 2. The normalized spacial score (nSPS) is 10.7. The van der Waals surface area contributed by atoms with Gasteiger partial charge in [0.2, 0.25) is 0 Å². The fraction of sp³-hybridized carbons (Fsp3) is 0.167. The Morgan fingerprint density at radius 3 is 1.97 bits per heavy atom. The summed E-state index contributed by atoms with van der Waals surface area (Å²) in [7, 11) is 6.34. The fourth-order valence-corrected chi connectivity index (χ4v) is 3.39. The molecule has 0 atom stereocenters. The number of aromatic nitrogens is 1. The number of aliphatic carboxylic acids is 1. The predicted octanol–water partition coefficient (Wildman–Crippen LogP) is 4.56. The molecule has 4 aromatic rings. The number of carboxylic acids is 1. The van der Waals surface area contributed by atoms with E-state index < -0.39 is 5.97 Å². The molecule has 0 spiro atoms. The number of nitrogens with zero attached hydrogens (tertiary/aromatic N) is 2. The van der Waals surface area contributed by atoms with Crippen molar-refractivity contribution in [1.29, 1.82) is 0 Å². The Labute approximate surface area is 221 Å². The van der Waals surface area contributed by atoms with Gasteiger partial charge in [0.05, 0.1) is 26.8 Å². The van der Waals surface area contributed by atoms with Crippen LogP contribution in [0.2, 0.25) is 0 Å². The molecule has 0 fully saturated rings. The number of carbonyl (C=O) groups excluding carboxylic acids is 2. The molecule has 8 heteroatoms. The first kappa shape index (κ1) is 28.0. The van der Waals surface area contributed by atoms with Crippen LogP contribution >= 0.6 is 0 Å². The van der Waals surface area contributed by atoms with Crippen molar-refractivity contribution >= 4 is 17.6 Å². The number of ether oxygens (including phenoxy) is 1. The first-order valence-corrected chi connectivity index (χ1v) is 11.9. The van der Waals surface area contributed by atoms with Crippen molar-refractivity contribution in [3.05, 3.63) is 108 Å². The second-order valence-electron chi connectivity index (χ2n) is 9.34. The van der Waals surface area contributed by atoms with E-state index >= 15 is 0 Å². The van der Waals surface area contributed by atoms with Gasteiger partial charge in [-0.2, -0.15) is 0 Å². The van der Waals surface area contributed by atoms with Gasteiger partial charge in [-0.1, -0.05) is 18.2 Å². The van der Waals surface area contributed by atoms with Crippen LogP contribution in [-0.2, 0) is 11.3 Å². The summed E-state index contributed by atoms with van der Waals surface area (Å²) in [6.07, 6.45) is 0. The molecule has 4 rings (SSSR count). The van der Waals surface area contributed by atoms with Crippen LogP contribution in [0.5, 0.6) is 11.5 Å². The molecule has 196 valence electrons. The van der Waals surface area contributed by atoms with Gasteiger partial charge in [0.15, 0.2) is 0 Å². The van der Waals surface area contributed by atoms with Gasteiger partial charge in [-0.15, -0.1) is 0 Å². The maximum Gasteiger partial charge on any atom is 0.270 e. The lowest BCUT2D eigenvalue weighted by Crippen LogP contribution is -2.34. The Hall–Kier alpha value is -4.56. The molecule has 0 bridgehead atoms. The minimum Gasteiger partial charge on any atom is -0.550 e. The van der Waals surface area contributed by atoms with E-state index in [1.807, 2.05) is 48.5 Å². The van der Waals surface area contributed by atoms with E-state index in [0.717, 1.165) is 22.5 Å². The molecular weight excluding hydrogens is 485 g/mol. The second kappa shape index (κ2) is 12.6. The summed E-state index contributed by atoms with van der Waals surface area (Å²) in [4.78, 5) is 26.1. The molecule has 0 aliphatic heterocycles. The molecule has 0 aliphatic carbocycles. The molecular formula is C30H30FN3O4. The summed E-state index contributed by atoms with van der Waals surface area (Å²) in [6.45, 7) is 1.40. The van der Waals surface area contributed by atoms with Crippen molar-refractivity contribution in [1.82, 2.24) is 14.8 Å². The molecule has 1 N–H and O–H groups in total. The summed E-state index contributed by atoms with van der Waals surface area (Å²) < 4.78 is 19.5. The highest BCUT2D eigenvalue weighted by atomic mass is 19.1. The summed E-state index contributed by atoms with van der Waals surface area (Å²) >= 11 is 0. The monoisotopic (exact) mass is 515 g/mol. The van der Waals surface area contributed by atoms with Crippen molar-refractivity contribution in [2.75, 3.05) is 21.1 Å². The van der Waals surface area contributed by atoms with Crippen LogP contribution in [0.1, 0.15) is 23.0 Å². The topological polar surface area (TPSA) is 91.3 Å². The predicted molar refractivity (Wildman–Crippen MR) is 144 cm³/mol. The van der Waals surface area contributed by atoms with Gasteiger partial charge >= 0.3 is 0 Å². The van der Waals surface area contributed by atoms with E-state index in [0.29, 0.717) is 29.4 Å². The standard InChI is InChI=1S/C28H26FN3O2.C2H4O2/c1-32(2,3)23-13-7-20(8-14-23)19-30-28(33)27-6-4-5-26(31-27)21-9-15-24(16-10-21)34-25-17-11-22(29)12-18-25;1-2(3)4/h4-18H,19H2,1-3H3;1H3,(H,3,4). The Bertz CT molecular complexity index is 1360. The van der Waals surface area contributed by atoms with E-state index in [1.165, 1.54) is 17.8 Å². The van der Waals surface area contributed by atoms with Crippen LogP contribution in [-0.4, -0.2) is 38.0 Å². The van der Waals surface area contributed by atoms with E-state index in [-0.39, 0.29) is 11.7 Å². The lowest BCUT2D eigenvalue weighted by molar-refractivity contribution is -0.302. The minimum atomic E-state index is -1.08. The molecule has 0 saturated carbocycles. The highest BCUT2D eigenvalue weighted by Crippen LogP contribution is 2.25. The van der Waals surface area contributed by atoms with Crippen molar-refractivity contribution in [2.45, 2.75) is 13.5 Å². The number of benzene rings is 3. The van der Waals surface area contributed by atoms with Gasteiger partial charge in [0.1, 0.15) is 28.7 Å². The first-order valence-electron chi connectivity index (χ1n) is 11.9. The molecule has 38 heavy (non-hydrogen) atoms. The van der Waals surface area contributed by atoms with Gasteiger partial charge in [-0.3, -0.25) is 9.28 Å². The number of nitrogens with one attached hydrogen (secondary N) is 1. The Morgan fingerprint density at radius 2 is 1.42 bits per heavy atom. The number of rotatable bonds is 7. The zero-order valence-electron chi connectivity index (χ0n) is 21.8. The van der Waals surface area contributed by atoms with E-state index in [1.54, 1.807) is 18.2 Å². The lowest BCUT2D eigenvalue weighted by Gasteiger charge is -2.23. The van der Waals surface area contributed by atoms with Crippen LogP contribution in [0.3, 0.4) is 0 Å². The minimum absolute atomic E-state index is 0.228. The van der Waals surface area contributed by atoms with E-state index in [4.69, 9.17) is 14.6 Å². The van der Waals surface area contributed by atoms with Crippen LogP contribution in [0.4, 0.5) is 10.1 Å². The van der Waals surface area contributed by atoms with Gasteiger partial charge in [0, 0.05) is 18.1 Å². The molecule has 0 saturated heterocycles. The quantitative estimate of drug-likeness (QED) is 0.364. The average Bonchev–Trinajstić information content (AvgIpc) is 2.88. The van der Waals surface area contributed by atoms with Gasteiger partial charge < -0.3 is 20.0 Å². The summed E-state index contributed by atoms with van der Waals surface area (Å²) in [5.41, 5.74) is 4.12. The van der Waals surface area contributed by atoms with Gasteiger partial charge in [0.25, 0.3) is 5.91 Å². The zero-order valence-corrected chi connectivity index (χ0v) is 21.8. The Morgan fingerprint density at radius 1 is 0.868 bits per heavy atom. The van der Waals surface area contributed by atoms with Crippen molar-refractivity contribution in [2.24, 2.45) is 0 Å². The summed E-state index contributed by atoms with van der Waals surface area (Å²) in [5, 5.41) is 11.8. The summed E-state index contributed by atoms with van der Waals surface area (Å²) in [5.74, 6) is -0.442. The fourth-order valence-electron chi connectivity index (χ4n) is 3.39. The number of amides is 1. The lowest BCUT2D eigenvalue weighted by atomic mass is 10.1. The smallest absolute Gasteiger partial charge is 0.270 e. The maximum absolute atomic E-state index is 13.1. The Kier molecular flexibility index (Phi) is 9.29. The number of halogens is 1. The van der Waals surface area contributed by atoms with Gasteiger partial charge in [-0.05, 0) is 85.3 Å². The largest absolute Gasteiger partial charge is 0.550 e. The number of carboxylic acid groups (broad SMARTS) is 1. The van der Waals surface area contributed by atoms with Crippen LogP contribution in [0.25, 0.3) is 11.3 Å². The molecule has 1 aromatic heterocycles. The Balaban J connectivity index is 0.000000934. The van der Waals surface area contributed by atoms with E-state index in [9.17, 15) is 9.18 Å². The van der Waals surface area contributed by atoms with Crippen molar-refractivity contribution in [3.63, 3.8) is 0 Å². The number of hydrogen-bond acceptors (Lipinski definition) is 5. The number of hydrogen-bond donors (Lipinski definition) is 1. The second-order valence-corrected chi connectivity index (χ2v) is 9.34. The molecule has 1 amide bonds. The molecule has 0 unspecified atom stereocenters. The third-order valence-electron chi connectivity index (χ3n) is 5.35. The number of quaternary nitrogens is 1. The number of pyridine rings is 1. The summed E-state index contributed by atoms with van der Waals surface area (Å²) in [6, 6.07) is 26.8. The molecule has 1 heterocycles. The SMILES string of the molecule is CC(=O)[O-].C[N+](C)(C)c1ccc(CNC(=O)c2cccc(-c3ccc(Oc4ccc(F)cc4)cc3)n2)cc1. The highest BCUT2D eigenvalue weighted by Gasteiger charge is 2.12. The van der Waals surface area contributed by atoms with Crippen molar-refractivity contribution < 1.29 is 23.8 Å².